The number of aryl methyl sites for hydroxylation is 1. The van der Waals surface area contributed by atoms with Gasteiger partial charge in [0.2, 0.25) is 5.91 Å². The fourth-order valence-electron chi connectivity index (χ4n) is 2.86. The number of hydrogen-bond donors (Lipinski definition) is 0. The van der Waals surface area contributed by atoms with Crippen molar-refractivity contribution in [3.63, 3.8) is 0 Å². The maximum atomic E-state index is 12.4. The van der Waals surface area contributed by atoms with Crippen LogP contribution in [0.15, 0.2) is 48.5 Å². The lowest BCUT2D eigenvalue weighted by molar-refractivity contribution is -0.129. The van der Waals surface area contributed by atoms with Crippen molar-refractivity contribution in [2.45, 2.75) is 38.6 Å². The number of rotatable bonds is 6. The van der Waals surface area contributed by atoms with Crippen LogP contribution in [-0.2, 0) is 20.7 Å². The van der Waals surface area contributed by atoms with Crippen LogP contribution >= 0.6 is 11.6 Å². The number of cyclic esters (lactones) is 1. The van der Waals surface area contributed by atoms with Gasteiger partial charge in [-0.05, 0) is 43.0 Å². The van der Waals surface area contributed by atoms with E-state index in [9.17, 15) is 18.8 Å². The standard InChI is InChI=1S/C15H17NO4.C7H6ClF/c17-9-5-4-8-14(18)16-13(11-20-15(16)19)10-12-6-2-1-3-7-12;1-5-2-3-6(8)7(9)4-5/h1-3,6-7,9,13H,4-5,8,10-11H2;2-4H,1H3/t13-;/m1./s1. The van der Waals surface area contributed by atoms with Crippen LogP contribution in [-0.4, -0.2) is 35.8 Å². The molecule has 1 fully saturated rings. The van der Waals surface area contributed by atoms with E-state index in [4.69, 9.17) is 16.3 Å². The number of halogens is 2. The van der Waals surface area contributed by atoms with Gasteiger partial charge in [-0.15, -0.1) is 0 Å². The summed E-state index contributed by atoms with van der Waals surface area (Å²) in [4.78, 5) is 35.2. The Balaban J connectivity index is 0.000000278. The monoisotopic (exact) mass is 419 g/mol. The lowest BCUT2D eigenvalue weighted by Gasteiger charge is -2.19. The fourth-order valence-corrected chi connectivity index (χ4v) is 2.98. The van der Waals surface area contributed by atoms with E-state index < -0.39 is 6.09 Å². The Morgan fingerprint density at radius 2 is 2.00 bits per heavy atom. The summed E-state index contributed by atoms with van der Waals surface area (Å²) in [6.07, 6.45) is 1.77. The quantitative estimate of drug-likeness (QED) is 0.501. The minimum atomic E-state index is -0.581. The number of benzene rings is 2. The molecular weight excluding hydrogens is 397 g/mol. The van der Waals surface area contributed by atoms with Gasteiger partial charge in [0.05, 0.1) is 11.1 Å². The van der Waals surface area contributed by atoms with Crippen LogP contribution in [0.4, 0.5) is 9.18 Å². The van der Waals surface area contributed by atoms with Gasteiger partial charge in [-0.3, -0.25) is 4.79 Å². The first-order chi connectivity index (χ1) is 13.9. The summed E-state index contributed by atoms with van der Waals surface area (Å²) in [6, 6.07) is 14.1. The Bertz CT molecular complexity index is 844. The fraction of sp³-hybridized carbons (Fsp3) is 0.318. The molecular formula is C22H23ClFNO4. The summed E-state index contributed by atoms with van der Waals surface area (Å²) in [6.45, 7) is 2.05. The third-order valence-electron chi connectivity index (χ3n) is 4.33. The maximum absolute atomic E-state index is 12.4. The highest BCUT2D eigenvalue weighted by atomic mass is 35.5. The van der Waals surface area contributed by atoms with Crippen molar-refractivity contribution < 1.29 is 23.5 Å². The molecule has 0 saturated carbocycles. The molecule has 2 aromatic rings. The normalized spacial score (nSPS) is 15.3. The van der Waals surface area contributed by atoms with Crippen molar-refractivity contribution in [2.75, 3.05) is 6.61 Å². The number of carbonyl (C=O) groups is 3. The van der Waals surface area contributed by atoms with Crippen LogP contribution in [0.25, 0.3) is 0 Å². The number of hydrogen-bond acceptors (Lipinski definition) is 4. The topological polar surface area (TPSA) is 63.7 Å². The lowest BCUT2D eigenvalue weighted by atomic mass is 10.1. The number of nitrogens with zero attached hydrogens (tertiary/aromatic N) is 1. The first kappa shape index (κ1) is 22.6. The molecule has 0 N–H and O–H groups in total. The summed E-state index contributed by atoms with van der Waals surface area (Å²) in [5.74, 6) is -0.619. The molecule has 5 nitrogen and oxygen atoms in total. The van der Waals surface area contributed by atoms with E-state index in [2.05, 4.69) is 0 Å². The predicted octanol–water partition coefficient (Wildman–Crippen LogP) is 4.73. The highest BCUT2D eigenvalue weighted by Crippen LogP contribution is 2.19. The molecule has 0 unspecified atom stereocenters. The second kappa shape index (κ2) is 11.3. The zero-order valence-electron chi connectivity index (χ0n) is 16.1. The zero-order valence-corrected chi connectivity index (χ0v) is 16.9. The number of carbonyl (C=O) groups excluding carboxylic acids is 3. The van der Waals surface area contributed by atoms with Gasteiger partial charge in [-0.25, -0.2) is 14.1 Å². The van der Waals surface area contributed by atoms with E-state index >= 15 is 0 Å². The third-order valence-corrected chi connectivity index (χ3v) is 4.64. The van der Waals surface area contributed by atoms with Crippen LogP contribution in [0.1, 0.15) is 30.4 Å². The molecule has 1 heterocycles. The number of unbranched alkanes of at least 4 members (excludes halogenated alkanes) is 1. The van der Waals surface area contributed by atoms with Crippen molar-refractivity contribution in [1.82, 2.24) is 4.90 Å². The first-order valence-corrected chi connectivity index (χ1v) is 9.68. The van der Waals surface area contributed by atoms with E-state index in [1.54, 1.807) is 12.1 Å². The van der Waals surface area contributed by atoms with Gasteiger partial charge in [0, 0.05) is 12.8 Å². The van der Waals surface area contributed by atoms with Gasteiger partial charge >= 0.3 is 6.09 Å². The summed E-state index contributed by atoms with van der Waals surface area (Å²) in [5.41, 5.74) is 1.94. The summed E-state index contributed by atoms with van der Waals surface area (Å²) < 4.78 is 17.4. The molecule has 0 radical (unpaired) electrons. The zero-order chi connectivity index (χ0) is 21.2. The SMILES string of the molecule is Cc1ccc(Cl)c(F)c1.O=CCCCC(=O)N1C(=O)OC[C@H]1Cc1ccccc1. The lowest BCUT2D eigenvalue weighted by Crippen LogP contribution is -2.40. The molecule has 0 spiro atoms. The largest absolute Gasteiger partial charge is 0.447 e. The summed E-state index contributed by atoms with van der Waals surface area (Å²) in [5, 5.41) is 0.181. The summed E-state index contributed by atoms with van der Waals surface area (Å²) in [7, 11) is 0. The van der Waals surface area contributed by atoms with Crippen molar-refractivity contribution in [1.29, 1.82) is 0 Å². The average molecular weight is 420 g/mol. The van der Waals surface area contributed by atoms with E-state index in [-0.39, 0.29) is 35.8 Å². The van der Waals surface area contributed by atoms with E-state index in [0.29, 0.717) is 19.3 Å². The Hall–Kier alpha value is -2.73. The Morgan fingerprint density at radius 3 is 2.62 bits per heavy atom. The number of aldehydes is 1. The van der Waals surface area contributed by atoms with Crippen LogP contribution in [0.5, 0.6) is 0 Å². The van der Waals surface area contributed by atoms with Gasteiger partial charge in [-0.2, -0.15) is 0 Å². The van der Waals surface area contributed by atoms with Gasteiger partial charge in [0.15, 0.2) is 0 Å². The highest BCUT2D eigenvalue weighted by molar-refractivity contribution is 6.30. The Kier molecular flexibility index (Phi) is 8.80. The molecule has 1 aliphatic rings. The predicted molar refractivity (Wildman–Crippen MR) is 108 cm³/mol. The number of amides is 2. The molecule has 2 aromatic carbocycles. The highest BCUT2D eigenvalue weighted by Gasteiger charge is 2.37. The molecule has 0 aliphatic carbocycles. The summed E-state index contributed by atoms with van der Waals surface area (Å²) >= 11 is 5.41. The molecule has 0 bridgehead atoms. The maximum Gasteiger partial charge on any atom is 0.416 e. The molecule has 154 valence electrons. The second-order valence-electron chi connectivity index (χ2n) is 6.66. The van der Waals surface area contributed by atoms with Crippen LogP contribution in [0, 0.1) is 12.7 Å². The van der Waals surface area contributed by atoms with E-state index in [1.807, 2.05) is 37.3 Å². The Labute approximate surface area is 174 Å². The molecule has 1 aliphatic heterocycles. The third kappa shape index (κ3) is 6.98. The van der Waals surface area contributed by atoms with Gasteiger partial charge in [0.25, 0.3) is 0 Å². The van der Waals surface area contributed by atoms with Crippen LogP contribution < -0.4 is 0 Å². The van der Waals surface area contributed by atoms with Crippen LogP contribution in [0.3, 0.4) is 0 Å². The molecule has 2 amide bonds. The molecule has 7 heteroatoms. The Morgan fingerprint density at radius 1 is 1.28 bits per heavy atom. The van der Waals surface area contributed by atoms with E-state index in [1.165, 1.54) is 11.0 Å². The van der Waals surface area contributed by atoms with Gasteiger partial charge < -0.3 is 9.53 Å². The molecule has 0 aromatic heterocycles. The second-order valence-corrected chi connectivity index (χ2v) is 7.07. The minimum Gasteiger partial charge on any atom is -0.447 e. The van der Waals surface area contributed by atoms with Gasteiger partial charge in [-0.1, -0.05) is 48.0 Å². The van der Waals surface area contributed by atoms with Crippen molar-refractivity contribution in [2.24, 2.45) is 0 Å². The van der Waals surface area contributed by atoms with E-state index in [0.717, 1.165) is 17.4 Å². The average Bonchev–Trinajstić information content (AvgIpc) is 3.06. The van der Waals surface area contributed by atoms with Crippen LogP contribution in [0.2, 0.25) is 5.02 Å². The molecule has 3 rings (SSSR count). The van der Waals surface area contributed by atoms with Crippen molar-refractivity contribution in [3.8, 4) is 0 Å². The minimum absolute atomic E-state index is 0.181. The number of imide groups is 1. The first-order valence-electron chi connectivity index (χ1n) is 9.30. The molecule has 1 atom stereocenters. The molecule has 29 heavy (non-hydrogen) atoms. The van der Waals surface area contributed by atoms with Crippen molar-refractivity contribution in [3.05, 3.63) is 70.5 Å². The van der Waals surface area contributed by atoms with Crippen molar-refractivity contribution >= 4 is 29.9 Å². The molecule has 1 saturated heterocycles. The number of ether oxygens (including phenoxy) is 1. The van der Waals surface area contributed by atoms with Gasteiger partial charge in [0.1, 0.15) is 18.7 Å². The smallest absolute Gasteiger partial charge is 0.416 e.